The second-order valence-corrected chi connectivity index (χ2v) is 7.21. The van der Waals surface area contributed by atoms with Crippen molar-refractivity contribution < 1.29 is 9.47 Å². The van der Waals surface area contributed by atoms with E-state index in [4.69, 9.17) is 9.47 Å². The number of nitrogens with one attached hydrogen (secondary N) is 2. The Morgan fingerprint density at radius 3 is 2.28 bits per heavy atom. The summed E-state index contributed by atoms with van der Waals surface area (Å²) >= 11 is 0. The van der Waals surface area contributed by atoms with Crippen molar-refractivity contribution in [2.24, 2.45) is 4.99 Å². The standard InChI is InChI=1S/C23H32N4O2/c1-24-23(25-12-9-18-7-5-4-6-8-18)26-19-10-13-27(14-11-19)20-15-21(28-2)17-22(16-20)29-3/h4-8,15-17,19H,9-14H2,1-3H3,(H2,24,25,26). The Morgan fingerprint density at radius 2 is 1.69 bits per heavy atom. The molecule has 6 nitrogen and oxygen atoms in total. The van der Waals surface area contributed by atoms with Crippen molar-refractivity contribution in [3.8, 4) is 11.5 Å². The summed E-state index contributed by atoms with van der Waals surface area (Å²) in [5.41, 5.74) is 2.47. The van der Waals surface area contributed by atoms with E-state index in [9.17, 15) is 0 Å². The summed E-state index contributed by atoms with van der Waals surface area (Å²) in [6.45, 7) is 2.83. The number of guanidine groups is 1. The minimum absolute atomic E-state index is 0.418. The fourth-order valence-corrected chi connectivity index (χ4v) is 3.61. The van der Waals surface area contributed by atoms with E-state index < -0.39 is 0 Å². The Hall–Kier alpha value is -2.89. The summed E-state index contributed by atoms with van der Waals surface area (Å²) in [6.07, 6.45) is 3.09. The molecule has 156 valence electrons. The molecule has 2 aromatic rings. The number of hydrogen-bond donors (Lipinski definition) is 2. The van der Waals surface area contributed by atoms with Crippen LogP contribution < -0.4 is 25.0 Å². The van der Waals surface area contributed by atoms with Crippen molar-refractivity contribution in [1.82, 2.24) is 10.6 Å². The van der Waals surface area contributed by atoms with Gasteiger partial charge < -0.3 is 25.0 Å². The van der Waals surface area contributed by atoms with E-state index in [1.165, 1.54) is 5.56 Å². The van der Waals surface area contributed by atoms with Crippen LogP contribution in [0.3, 0.4) is 0 Å². The number of nitrogens with zero attached hydrogens (tertiary/aromatic N) is 2. The van der Waals surface area contributed by atoms with Crippen molar-refractivity contribution in [2.75, 3.05) is 45.8 Å². The minimum atomic E-state index is 0.418. The lowest BCUT2D eigenvalue weighted by Gasteiger charge is -2.34. The van der Waals surface area contributed by atoms with Crippen molar-refractivity contribution >= 4 is 11.6 Å². The van der Waals surface area contributed by atoms with Crippen LogP contribution in [0.15, 0.2) is 53.5 Å². The van der Waals surface area contributed by atoms with Gasteiger partial charge in [-0.3, -0.25) is 4.99 Å². The SMILES string of the molecule is CN=C(NCCc1ccccc1)NC1CCN(c2cc(OC)cc(OC)c2)CC1. The predicted octanol–water partition coefficient (Wildman–Crippen LogP) is 3.08. The molecule has 2 aromatic carbocycles. The Bertz CT molecular complexity index is 764. The summed E-state index contributed by atoms with van der Waals surface area (Å²) in [5.74, 6) is 2.52. The first-order valence-corrected chi connectivity index (χ1v) is 10.2. The predicted molar refractivity (Wildman–Crippen MR) is 119 cm³/mol. The van der Waals surface area contributed by atoms with E-state index in [1.54, 1.807) is 14.2 Å². The van der Waals surface area contributed by atoms with Crippen LogP contribution in [0.1, 0.15) is 18.4 Å². The lowest BCUT2D eigenvalue weighted by molar-refractivity contribution is 0.393. The first kappa shape index (κ1) is 20.8. The molecule has 2 N–H and O–H groups in total. The van der Waals surface area contributed by atoms with Crippen LogP contribution in [0.5, 0.6) is 11.5 Å². The number of hydrogen-bond acceptors (Lipinski definition) is 4. The van der Waals surface area contributed by atoms with Gasteiger partial charge in [-0.05, 0) is 24.8 Å². The quantitative estimate of drug-likeness (QED) is 0.556. The zero-order valence-electron chi connectivity index (χ0n) is 17.6. The Balaban J connectivity index is 1.47. The molecular weight excluding hydrogens is 364 g/mol. The largest absolute Gasteiger partial charge is 0.497 e. The Kier molecular flexibility index (Phi) is 7.61. The van der Waals surface area contributed by atoms with E-state index >= 15 is 0 Å². The molecule has 1 aliphatic rings. The van der Waals surface area contributed by atoms with Crippen LogP contribution in [0.2, 0.25) is 0 Å². The third-order valence-electron chi connectivity index (χ3n) is 5.31. The van der Waals surface area contributed by atoms with Gasteiger partial charge in [0.1, 0.15) is 11.5 Å². The van der Waals surface area contributed by atoms with E-state index in [0.717, 1.165) is 62.0 Å². The zero-order chi connectivity index (χ0) is 20.5. The highest BCUT2D eigenvalue weighted by atomic mass is 16.5. The molecule has 1 aliphatic heterocycles. The maximum atomic E-state index is 5.40. The second kappa shape index (κ2) is 10.6. The van der Waals surface area contributed by atoms with Crippen molar-refractivity contribution in [1.29, 1.82) is 0 Å². The van der Waals surface area contributed by atoms with Gasteiger partial charge in [0.25, 0.3) is 0 Å². The van der Waals surface area contributed by atoms with Gasteiger partial charge in [-0.15, -0.1) is 0 Å². The van der Waals surface area contributed by atoms with Gasteiger partial charge in [-0.2, -0.15) is 0 Å². The number of methoxy groups -OCH3 is 2. The highest BCUT2D eigenvalue weighted by molar-refractivity contribution is 5.80. The molecule has 6 heteroatoms. The van der Waals surface area contributed by atoms with Crippen LogP contribution in [0.25, 0.3) is 0 Å². The molecule has 0 radical (unpaired) electrons. The maximum absolute atomic E-state index is 5.40. The zero-order valence-corrected chi connectivity index (χ0v) is 17.6. The smallest absolute Gasteiger partial charge is 0.191 e. The molecule has 0 bridgehead atoms. The van der Waals surface area contributed by atoms with E-state index in [0.29, 0.717) is 6.04 Å². The summed E-state index contributed by atoms with van der Waals surface area (Å²) in [6, 6.07) is 17.0. The lowest BCUT2D eigenvalue weighted by atomic mass is 10.0. The van der Waals surface area contributed by atoms with Crippen LogP contribution in [-0.4, -0.2) is 52.9 Å². The molecule has 0 amide bonds. The highest BCUT2D eigenvalue weighted by Crippen LogP contribution is 2.30. The lowest BCUT2D eigenvalue weighted by Crippen LogP contribution is -2.49. The molecule has 0 atom stereocenters. The van der Waals surface area contributed by atoms with Crippen molar-refractivity contribution in [3.63, 3.8) is 0 Å². The first-order valence-electron chi connectivity index (χ1n) is 10.2. The van der Waals surface area contributed by atoms with E-state index in [2.05, 4.69) is 56.9 Å². The molecule has 0 aliphatic carbocycles. The number of aliphatic imine (C=N–C) groups is 1. The maximum Gasteiger partial charge on any atom is 0.191 e. The van der Waals surface area contributed by atoms with Gasteiger partial charge in [0.05, 0.1) is 14.2 Å². The Labute approximate surface area is 173 Å². The third-order valence-corrected chi connectivity index (χ3v) is 5.31. The molecule has 1 heterocycles. The first-order chi connectivity index (χ1) is 14.2. The number of benzene rings is 2. The van der Waals surface area contributed by atoms with Gasteiger partial charge in [0, 0.05) is 56.6 Å². The number of piperidine rings is 1. The fraction of sp³-hybridized carbons (Fsp3) is 0.435. The van der Waals surface area contributed by atoms with Gasteiger partial charge in [0.15, 0.2) is 5.96 Å². The number of anilines is 1. The number of ether oxygens (including phenoxy) is 2. The average molecular weight is 397 g/mol. The fourth-order valence-electron chi connectivity index (χ4n) is 3.61. The van der Waals surface area contributed by atoms with Crippen LogP contribution in [0.4, 0.5) is 5.69 Å². The Morgan fingerprint density at radius 1 is 1.03 bits per heavy atom. The molecule has 0 spiro atoms. The topological polar surface area (TPSA) is 58.1 Å². The van der Waals surface area contributed by atoms with Gasteiger partial charge in [-0.1, -0.05) is 30.3 Å². The van der Waals surface area contributed by atoms with Crippen LogP contribution in [-0.2, 0) is 6.42 Å². The molecule has 1 saturated heterocycles. The van der Waals surface area contributed by atoms with E-state index in [1.807, 2.05) is 19.2 Å². The second-order valence-electron chi connectivity index (χ2n) is 7.21. The van der Waals surface area contributed by atoms with Gasteiger partial charge in [-0.25, -0.2) is 0 Å². The van der Waals surface area contributed by atoms with Crippen LogP contribution in [0, 0.1) is 0 Å². The van der Waals surface area contributed by atoms with Crippen LogP contribution >= 0.6 is 0 Å². The normalized spacial score (nSPS) is 15.1. The summed E-state index contributed by atoms with van der Waals surface area (Å²) < 4.78 is 10.8. The molecule has 1 fully saturated rings. The molecule has 0 aromatic heterocycles. The molecule has 29 heavy (non-hydrogen) atoms. The highest BCUT2D eigenvalue weighted by Gasteiger charge is 2.21. The van der Waals surface area contributed by atoms with E-state index in [-0.39, 0.29) is 0 Å². The molecule has 0 saturated carbocycles. The van der Waals surface area contributed by atoms with Gasteiger partial charge >= 0.3 is 0 Å². The number of rotatable bonds is 7. The summed E-state index contributed by atoms with van der Waals surface area (Å²) in [5, 5.41) is 7.00. The summed E-state index contributed by atoms with van der Waals surface area (Å²) in [7, 11) is 5.20. The molecule has 0 unspecified atom stereocenters. The van der Waals surface area contributed by atoms with Gasteiger partial charge in [0.2, 0.25) is 0 Å². The average Bonchev–Trinajstić information content (AvgIpc) is 2.79. The van der Waals surface area contributed by atoms with Crippen molar-refractivity contribution in [2.45, 2.75) is 25.3 Å². The monoisotopic (exact) mass is 396 g/mol. The molecule has 3 rings (SSSR count). The minimum Gasteiger partial charge on any atom is -0.497 e. The summed E-state index contributed by atoms with van der Waals surface area (Å²) in [4.78, 5) is 6.77. The van der Waals surface area contributed by atoms with Crippen molar-refractivity contribution in [3.05, 3.63) is 54.1 Å². The third kappa shape index (κ3) is 6.04. The molecular formula is C23H32N4O2.